The van der Waals surface area contributed by atoms with E-state index in [1.807, 2.05) is 18.2 Å². The molecule has 0 spiro atoms. The summed E-state index contributed by atoms with van der Waals surface area (Å²) in [6.45, 7) is -0.243. The molecule has 0 bridgehead atoms. The highest BCUT2D eigenvalue weighted by atomic mass is 32.2. The molecular formula is C24H24N2O6S. The number of anilines is 1. The van der Waals surface area contributed by atoms with Gasteiger partial charge in [0, 0.05) is 19.2 Å². The number of methoxy groups -OCH3 is 1. The highest BCUT2D eigenvalue weighted by Crippen LogP contribution is 2.22. The molecular weight excluding hydrogens is 444 g/mol. The van der Waals surface area contributed by atoms with Crippen LogP contribution in [0, 0.1) is 0 Å². The van der Waals surface area contributed by atoms with Crippen molar-refractivity contribution in [3.8, 4) is 5.75 Å². The van der Waals surface area contributed by atoms with Gasteiger partial charge in [-0.25, -0.2) is 13.2 Å². The first-order valence-electron chi connectivity index (χ1n) is 10.0. The summed E-state index contributed by atoms with van der Waals surface area (Å²) < 4.78 is 37.0. The lowest BCUT2D eigenvalue weighted by Gasteiger charge is -2.19. The molecule has 172 valence electrons. The zero-order valence-corrected chi connectivity index (χ0v) is 19.0. The van der Waals surface area contributed by atoms with Crippen LogP contribution in [0.2, 0.25) is 0 Å². The zero-order chi connectivity index (χ0) is 23.8. The molecule has 0 aliphatic heterocycles. The monoisotopic (exact) mass is 468 g/mol. The molecule has 0 unspecified atom stereocenters. The van der Waals surface area contributed by atoms with E-state index in [1.165, 1.54) is 31.3 Å². The summed E-state index contributed by atoms with van der Waals surface area (Å²) in [6, 6.07) is 21.2. The fraction of sp³-hybridized carbons (Fsp3) is 0.167. The summed E-state index contributed by atoms with van der Waals surface area (Å²) in [7, 11) is -0.798. The molecule has 33 heavy (non-hydrogen) atoms. The second kappa shape index (κ2) is 10.6. The third-order valence-electron chi connectivity index (χ3n) is 4.87. The average molecular weight is 469 g/mol. The topological polar surface area (TPSA) is 102 Å². The van der Waals surface area contributed by atoms with Gasteiger partial charge in [-0.3, -0.25) is 9.10 Å². The molecule has 0 aromatic heterocycles. The Morgan fingerprint density at radius 3 is 2.21 bits per heavy atom. The van der Waals surface area contributed by atoms with Crippen LogP contribution in [-0.4, -0.2) is 41.1 Å². The van der Waals surface area contributed by atoms with Gasteiger partial charge >= 0.3 is 5.97 Å². The van der Waals surface area contributed by atoms with Crippen molar-refractivity contribution in [3.63, 3.8) is 0 Å². The highest BCUT2D eigenvalue weighted by molar-refractivity contribution is 7.92. The molecule has 3 aromatic carbocycles. The number of amides is 1. The summed E-state index contributed by atoms with van der Waals surface area (Å²) >= 11 is 0. The van der Waals surface area contributed by atoms with Crippen LogP contribution in [0.15, 0.2) is 83.8 Å². The minimum Gasteiger partial charge on any atom is -0.496 e. The van der Waals surface area contributed by atoms with Gasteiger partial charge in [0.15, 0.2) is 6.61 Å². The number of sulfonamides is 1. The Kier molecular flexibility index (Phi) is 7.68. The maximum absolute atomic E-state index is 12.8. The maximum Gasteiger partial charge on any atom is 0.338 e. The smallest absolute Gasteiger partial charge is 0.338 e. The zero-order valence-electron chi connectivity index (χ0n) is 18.2. The molecule has 0 fully saturated rings. The average Bonchev–Trinajstić information content (AvgIpc) is 2.86. The number of nitrogens with one attached hydrogen (secondary N) is 1. The van der Waals surface area contributed by atoms with Crippen LogP contribution < -0.4 is 14.4 Å². The first-order valence-corrected chi connectivity index (χ1v) is 11.5. The molecule has 9 heteroatoms. The van der Waals surface area contributed by atoms with Crippen molar-refractivity contribution in [1.82, 2.24) is 5.32 Å². The molecule has 0 atom stereocenters. The van der Waals surface area contributed by atoms with E-state index in [9.17, 15) is 18.0 Å². The SMILES string of the molecule is COc1ccccc1CNC(=O)COC(=O)c1ccc(S(=O)(=O)N(C)c2ccccc2)cc1. The maximum atomic E-state index is 12.8. The van der Waals surface area contributed by atoms with Crippen LogP contribution in [0.5, 0.6) is 5.75 Å². The molecule has 3 aromatic rings. The molecule has 1 N–H and O–H groups in total. The largest absolute Gasteiger partial charge is 0.496 e. The van der Waals surface area contributed by atoms with Crippen LogP contribution in [0.3, 0.4) is 0 Å². The van der Waals surface area contributed by atoms with Gasteiger partial charge < -0.3 is 14.8 Å². The fourth-order valence-electron chi connectivity index (χ4n) is 3.01. The second-order valence-electron chi connectivity index (χ2n) is 7.00. The first-order chi connectivity index (χ1) is 15.8. The number of para-hydroxylation sites is 2. The Hall–Kier alpha value is -3.85. The van der Waals surface area contributed by atoms with Crippen molar-refractivity contribution in [3.05, 3.63) is 90.0 Å². The Balaban J connectivity index is 1.56. The lowest BCUT2D eigenvalue weighted by molar-refractivity contribution is -0.124. The van der Waals surface area contributed by atoms with E-state index in [1.54, 1.807) is 43.5 Å². The molecule has 3 rings (SSSR count). The number of hydrogen-bond donors (Lipinski definition) is 1. The van der Waals surface area contributed by atoms with E-state index in [4.69, 9.17) is 9.47 Å². The van der Waals surface area contributed by atoms with Gasteiger partial charge in [-0.1, -0.05) is 36.4 Å². The van der Waals surface area contributed by atoms with E-state index in [0.717, 1.165) is 9.87 Å². The minimum absolute atomic E-state index is 0.0277. The quantitative estimate of drug-likeness (QED) is 0.485. The fourth-order valence-corrected chi connectivity index (χ4v) is 4.20. The van der Waals surface area contributed by atoms with E-state index in [-0.39, 0.29) is 17.0 Å². The molecule has 0 heterocycles. The molecule has 8 nitrogen and oxygen atoms in total. The molecule has 0 saturated carbocycles. The van der Waals surface area contributed by atoms with Gasteiger partial charge in [0.2, 0.25) is 0 Å². The van der Waals surface area contributed by atoms with Gasteiger partial charge in [0.05, 0.1) is 23.3 Å². The number of ether oxygens (including phenoxy) is 2. The van der Waals surface area contributed by atoms with E-state index < -0.39 is 28.5 Å². The van der Waals surface area contributed by atoms with Crippen LogP contribution in [0.4, 0.5) is 5.69 Å². The molecule has 0 saturated heterocycles. The molecule has 0 aliphatic carbocycles. The van der Waals surface area contributed by atoms with Gasteiger partial charge in [-0.05, 0) is 42.5 Å². The Labute approximate surface area is 192 Å². The van der Waals surface area contributed by atoms with Crippen LogP contribution in [0.1, 0.15) is 15.9 Å². The van der Waals surface area contributed by atoms with E-state index in [0.29, 0.717) is 11.4 Å². The van der Waals surface area contributed by atoms with E-state index >= 15 is 0 Å². The number of hydrogen-bond acceptors (Lipinski definition) is 6. The summed E-state index contributed by atoms with van der Waals surface area (Å²) in [5.41, 5.74) is 1.44. The van der Waals surface area contributed by atoms with Crippen LogP contribution in [0.25, 0.3) is 0 Å². The number of esters is 1. The number of nitrogens with zero attached hydrogens (tertiary/aromatic N) is 1. The Bertz CT molecular complexity index is 1210. The molecule has 0 aliphatic rings. The van der Waals surface area contributed by atoms with Crippen molar-refractivity contribution in [2.75, 3.05) is 25.1 Å². The van der Waals surface area contributed by atoms with Gasteiger partial charge in [0.1, 0.15) is 5.75 Å². The van der Waals surface area contributed by atoms with Crippen molar-refractivity contribution < 1.29 is 27.5 Å². The highest BCUT2D eigenvalue weighted by Gasteiger charge is 2.22. The summed E-state index contributed by atoms with van der Waals surface area (Å²) in [4.78, 5) is 24.3. The third kappa shape index (κ3) is 5.89. The summed E-state index contributed by atoms with van der Waals surface area (Å²) in [5, 5.41) is 2.66. The van der Waals surface area contributed by atoms with Crippen molar-refractivity contribution in [2.24, 2.45) is 0 Å². The van der Waals surface area contributed by atoms with Gasteiger partial charge in [-0.15, -0.1) is 0 Å². The number of benzene rings is 3. The normalized spacial score (nSPS) is 10.8. The van der Waals surface area contributed by atoms with Crippen LogP contribution in [-0.2, 0) is 26.1 Å². The van der Waals surface area contributed by atoms with Crippen molar-refractivity contribution >= 4 is 27.6 Å². The Morgan fingerprint density at radius 2 is 1.55 bits per heavy atom. The van der Waals surface area contributed by atoms with Crippen LogP contribution >= 0.6 is 0 Å². The van der Waals surface area contributed by atoms with Crippen molar-refractivity contribution in [2.45, 2.75) is 11.4 Å². The lowest BCUT2D eigenvalue weighted by atomic mass is 10.2. The van der Waals surface area contributed by atoms with Gasteiger partial charge in [0.25, 0.3) is 15.9 Å². The first kappa shape index (κ1) is 23.8. The summed E-state index contributed by atoms with van der Waals surface area (Å²) in [5.74, 6) is -0.566. The second-order valence-corrected chi connectivity index (χ2v) is 8.97. The predicted octanol–water partition coefficient (Wildman–Crippen LogP) is 2.99. The summed E-state index contributed by atoms with van der Waals surface area (Å²) in [6.07, 6.45) is 0. The van der Waals surface area contributed by atoms with Gasteiger partial charge in [-0.2, -0.15) is 0 Å². The Morgan fingerprint density at radius 1 is 0.909 bits per heavy atom. The number of carbonyl (C=O) groups excluding carboxylic acids is 2. The molecule has 1 amide bonds. The molecule has 0 radical (unpaired) electrons. The number of rotatable bonds is 9. The predicted molar refractivity (Wildman–Crippen MR) is 124 cm³/mol. The minimum atomic E-state index is -3.79. The lowest BCUT2D eigenvalue weighted by Crippen LogP contribution is -2.28. The standard InChI is InChI=1S/C24H24N2O6S/c1-26(20-9-4-3-5-10-20)33(29,30)21-14-12-18(13-15-21)24(28)32-17-23(27)25-16-19-8-6-7-11-22(19)31-2/h3-15H,16-17H2,1-2H3,(H,25,27). The van der Waals surface area contributed by atoms with E-state index in [2.05, 4.69) is 5.32 Å². The number of carbonyl (C=O) groups is 2. The van der Waals surface area contributed by atoms with Crippen molar-refractivity contribution in [1.29, 1.82) is 0 Å². The third-order valence-corrected chi connectivity index (χ3v) is 6.67.